The number of ether oxygens (including phenoxy) is 1. The number of nitrogens with one attached hydrogen (secondary N) is 1. The van der Waals surface area contributed by atoms with Crippen molar-refractivity contribution < 1.29 is 9.53 Å². The fraction of sp³-hybridized carbons (Fsp3) is 0.174. The van der Waals surface area contributed by atoms with Gasteiger partial charge in [-0.25, -0.2) is 9.67 Å². The van der Waals surface area contributed by atoms with E-state index in [1.165, 1.54) is 16.9 Å². The largest absolute Gasteiger partial charge is 0.489 e. The van der Waals surface area contributed by atoms with Crippen LogP contribution in [0.1, 0.15) is 31.9 Å². The number of aryl methyl sites for hydroxylation is 2. The van der Waals surface area contributed by atoms with Crippen LogP contribution in [-0.2, 0) is 13.2 Å². The van der Waals surface area contributed by atoms with Gasteiger partial charge < -0.3 is 4.74 Å². The highest BCUT2D eigenvalue weighted by molar-refractivity contribution is 7.12. The number of rotatable bonds is 7. The Morgan fingerprint density at radius 2 is 1.94 bits per heavy atom. The summed E-state index contributed by atoms with van der Waals surface area (Å²) >= 11 is 7.39. The van der Waals surface area contributed by atoms with E-state index in [9.17, 15) is 4.79 Å². The highest BCUT2D eigenvalue weighted by Crippen LogP contribution is 2.23. The fourth-order valence-corrected chi connectivity index (χ4v) is 3.83. The maximum Gasteiger partial charge on any atom is 0.268 e. The van der Waals surface area contributed by atoms with E-state index in [1.54, 1.807) is 11.0 Å². The Bertz CT molecular complexity index is 1200. The number of halogens is 1. The van der Waals surface area contributed by atoms with E-state index in [-0.39, 0.29) is 11.9 Å². The monoisotopic (exact) mass is 452 g/mol. The van der Waals surface area contributed by atoms with Gasteiger partial charge in [-0.3, -0.25) is 10.1 Å². The van der Waals surface area contributed by atoms with E-state index in [4.69, 9.17) is 16.3 Å². The molecule has 158 valence electrons. The lowest BCUT2D eigenvalue weighted by atomic mass is 10.1. The minimum absolute atomic E-state index is 0.244. The molecule has 2 aromatic heterocycles. The highest BCUT2D eigenvalue weighted by atomic mass is 35.5. The van der Waals surface area contributed by atoms with E-state index in [1.807, 2.05) is 43.5 Å². The number of carbonyl (C=O) groups excluding carboxylic acids is 1. The van der Waals surface area contributed by atoms with Crippen LogP contribution in [-0.4, -0.2) is 20.7 Å². The predicted octanol–water partition coefficient (Wildman–Crippen LogP) is 5.49. The second kappa shape index (κ2) is 9.32. The van der Waals surface area contributed by atoms with Crippen molar-refractivity contribution in [1.29, 1.82) is 0 Å². The maximum atomic E-state index is 12.5. The van der Waals surface area contributed by atoms with Crippen molar-refractivity contribution in [3.63, 3.8) is 0 Å². The Hall–Kier alpha value is -3.16. The first-order valence-electron chi connectivity index (χ1n) is 9.69. The zero-order valence-electron chi connectivity index (χ0n) is 17.1. The lowest BCUT2D eigenvalue weighted by Crippen LogP contribution is -2.12. The molecule has 0 atom stereocenters. The van der Waals surface area contributed by atoms with Crippen LogP contribution in [0.15, 0.2) is 60.2 Å². The Morgan fingerprint density at radius 3 is 2.71 bits per heavy atom. The number of hydrogen-bond donors (Lipinski definition) is 1. The summed E-state index contributed by atoms with van der Waals surface area (Å²) in [5.74, 6) is 0.772. The topological polar surface area (TPSA) is 69.0 Å². The molecule has 4 rings (SSSR count). The molecule has 31 heavy (non-hydrogen) atoms. The van der Waals surface area contributed by atoms with E-state index >= 15 is 0 Å². The van der Waals surface area contributed by atoms with Gasteiger partial charge >= 0.3 is 0 Å². The van der Waals surface area contributed by atoms with Crippen LogP contribution >= 0.6 is 22.9 Å². The van der Waals surface area contributed by atoms with Crippen molar-refractivity contribution >= 4 is 34.8 Å². The second-order valence-corrected chi connectivity index (χ2v) is 8.54. The molecule has 0 saturated heterocycles. The van der Waals surface area contributed by atoms with Crippen molar-refractivity contribution in [2.24, 2.45) is 0 Å². The zero-order chi connectivity index (χ0) is 21.8. The fourth-order valence-electron chi connectivity index (χ4n) is 2.92. The quantitative estimate of drug-likeness (QED) is 0.402. The molecule has 8 heteroatoms. The normalized spacial score (nSPS) is 10.8. The van der Waals surface area contributed by atoms with Crippen molar-refractivity contribution in [3.8, 4) is 5.75 Å². The summed E-state index contributed by atoms with van der Waals surface area (Å²) in [6.07, 6.45) is 1.61. The van der Waals surface area contributed by atoms with E-state index in [2.05, 4.69) is 39.7 Å². The molecule has 1 amide bonds. The van der Waals surface area contributed by atoms with Crippen molar-refractivity contribution in [2.45, 2.75) is 27.0 Å². The highest BCUT2D eigenvalue weighted by Gasteiger charge is 2.12. The van der Waals surface area contributed by atoms with Crippen molar-refractivity contribution in [2.75, 3.05) is 5.32 Å². The van der Waals surface area contributed by atoms with E-state index in [0.29, 0.717) is 23.1 Å². The SMILES string of the molecule is Cc1ccc(Cn2cnc(NC(=O)c3cc(COc4ccc(Cl)c(C)c4)cs3)n2)cc1. The Balaban J connectivity index is 1.33. The molecule has 0 aliphatic carbocycles. The van der Waals surface area contributed by atoms with Gasteiger partial charge in [0.1, 0.15) is 18.7 Å². The van der Waals surface area contributed by atoms with Crippen LogP contribution in [0.5, 0.6) is 5.75 Å². The lowest BCUT2D eigenvalue weighted by Gasteiger charge is -2.06. The number of carbonyl (C=O) groups is 1. The summed E-state index contributed by atoms with van der Waals surface area (Å²) in [4.78, 5) is 17.3. The van der Waals surface area contributed by atoms with Crippen molar-refractivity contribution in [3.05, 3.63) is 92.4 Å². The molecular weight excluding hydrogens is 432 g/mol. The molecule has 0 aliphatic rings. The van der Waals surface area contributed by atoms with E-state index in [0.717, 1.165) is 22.4 Å². The smallest absolute Gasteiger partial charge is 0.268 e. The van der Waals surface area contributed by atoms with Crippen LogP contribution in [0, 0.1) is 13.8 Å². The van der Waals surface area contributed by atoms with Gasteiger partial charge in [0.15, 0.2) is 0 Å². The summed E-state index contributed by atoms with van der Waals surface area (Å²) in [6, 6.07) is 15.6. The minimum Gasteiger partial charge on any atom is -0.489 e. The molecule has 0 saturated carbocycles. The maximum absolute atomic E-state index is 12.5. The van der Waals surface area contributed by atoms with Crippen LogP contribution < -0.4 is 10.1 Å². The third-order valence-electron chi connectivity index (χ3n) is 4.64. The zero-order valence-corrected chi connectivity index (χ0v) is 18.7. The number of nitrogens with zero attached hydrogens (tertiary/aromatic N) is 3. The van der Waals surface area contributed by atoms with Gasteiger partial charge in [-0.05, 0) is 54.6 Å². The molecule has 2 heterocycles. The Kier molecular flexibility index (Phi) is 6.34. The summed E-state index contributed by atoms with van der Waals surface area (Å²) in [7, 11) is 0. The molecule has 0 aliphatic heterocycles. The van der Waals surface area contributed by atoms with Gasteiger partial charge in [-0.1, -0.05) is 41.4 Å². The van der Waals surface area contributed by atoms with Crippen LogP contribution in [0.3, 0.4) is 0 Å². The first-order chi connectivity index (χ1) is 15.0. The molecule has 1 N–H and O–H groups in total. The van der Waals surface area contributed by atoms with Gasteiger partial charge in [0, 0.05) is 10.6 Å². The first-order valence-corrected chi connectivity index (χ1v) is 10.9. The third-order valence-corrected chi connectivity index (χ3v) is 6.04. The van der Waals surface area contributed by atoms with E-state index < -0.39 is 0 Å². The number of hydrogen-bond acceptors (Lipinski definition) is 5. The standard InChI is InChI=1S/C23H21ClN4O2S/c1-15-3-5-17(6-4-15)11-28-14-25-23(27-28)26-22(29)21-10-18(13-31-21)12-30-19-7-8-20(24)16(2)9-19/h3-10,13-14H,11-12H2,1-2H3,(H,26,27,29). The molecular formula is C23H21ClN4O2S. The lowest BCUT2D eigenvalue weighted by molar-refractivity contribution is 0.102. The summed E-state index contributed by atoms with van der Waals surface area (Å²) in [5, 5.41) is 9.69. The summed E-state index contributed by atoms with van der Waals surface area (Å²) < 4.78 is 7.49. The number of anilines is 1. The first kappa shape index (κ1) is 21.1. The van der Waals surface area contributed by atoms with Gasteiger partial charge in [0.05, 0.1) is 11.4 Å². The second-order valence-electron chi connectivity index (χ2n) is 7.22. The Labute approximate surface area is 189 Å². The van der Waals surface area contributed by atoms with Crippen LogP contribution in [0.25, 0.3) is 0 Å². The number of aromatic nitrogens is 3. The van der Waals surface area contributed by atoms with Gasteiger partial charge in [-0.2, -0.15) is 0 Å². The summed E-state index contributed by atoms with van der Waals surface area (Å²) in [6.45, 7) is 4.94. The average Bonchev–Trinajstić information content (AvgIpc) is 3.40. The number of benzene rings is 2. The number of thiophene rings is 1. The van der Waals surface area contributed by atoms with Gasteiger partial charge in [0.25, 0.3) is 5.91 Å². The molecule has 4 aromatic rings. The van der Waals surface area contributed by atoms with Crippen LogP contribution in [0.2, 0.25) is 5.02 Å². The van der Waals surface area contributed by atoms with Crippen molar-refractivity contribution in [1.82, 2.24) is 14.8 Å². The molecule has 0 radical (unpaired) electrons. The molecule has 0 bridgehead atoms. The third kappa shape index (κ3) is 5.51. The Morgan fingerprint density at radius 1 is 1.13 bits per heavy atom. The number of amides is 1. The van der Waals surface area contributed by atoms with Gasteiger partial charge in [0.2, 0.25) is 5.95 Å². The molecule has 2 aromatic carbocycles. The van der Waals surface area contributed by atoms with Crippen LogP contribution in [0.4, 0.5) is 5.95 Å². The summed E-state index contributed by atoms with van der Waals surface area (Å²) in [5.41, 5.74) is 4.20. The molecule has 0 fully saturated rings. The predicted molar refractivity (Wildman–Crippen MR) is 123 cm³/mol. The molecule has 0 spiro atoms. The minimum atomic E-state index is -0.244. The molecule has 0 unspecified atom stereocenters. The average molecular weight is 453 g/mol. The van der Waals surface area contributed by atoms with Gasteiger partial charge in [-0.15, -0.1) is 16.4 Å². The molecule has 6 nitrogen and oxygen atoms in total.